The third kappa shape index (κ3) is 6.16. The van der Waals surface area contributed by atoms with Gasteiger partial charge in [0.05, 0.1) is 26.2 Å². The molecule has 33 heavy (non-hydrogen) atoms. The fraction of sp³-hybridized carbons (Fsp3) is 0.391. The molecule has 0 unspecified atom stereocenters. The molecule has 178 valence electrons. The molecule has 0 aromatic heterocycles. The number of rotatable bonds is 10. The molecule has 1 aliphatic heterocycles. The summed E-state index contributed by atoms with van der Waals surface area (Å²) in [7, 11) is -0.805. The number of likely N-dealkylation sites (tertiary alicyclic amines) is 1. The van der Waals surface area contributed by atoms with E-state index in [2.05, 4.69) is 5.32 Å². The quantitative estimate of drug-likeness (QED) is 0.563. The predicted molar refractivity (Wildman–Crippen MR) is 125 cm³/mol. The molecule has 2 aromatic carbocycles. The van der Waals surface area contributed by atoms with Crippen LogP contribution in [0, 0.1) is 0 Å². The van der Waals surface area contributed by atoms with E-state index < -0.39 is 15.9 Å². The minimum Gasteiger partial charge on any atom is -0.493 e. The second-order valence-corrected chi connectivity index (χ2v) is 9.68. The van der Waals surface area contributed by atoms with Crippen LogP contribution in [0.3, 0.4) is 0 Å². The predicted octanol–water partition coefficient (Wildman–Crippen LogP) is 1.91. The van der Waals surface area contributed by atoms with Gasteiger partial charge in [-0.15, -0.1) is 0 Å². The normalized spacial score (nSPS) is 13.7. The van der Waals surface area contributed by atoms with Crippen molar-refractivity contribution in [3.05, 3.63) is 53.6 Å². The van der Waals surface area contributed by atoms with E-state index >= 15 is 0 Å². The van der Waals surface area contributed by atoms with Crippen molar-refractivity contribution in [2.75, 3.05) is 37.9 Å². The summed E-state index contributed by atoms with van der Waals surface area (Å²) < 4.78 is 36.3. The van der Waals surface area contributed by atoms with Crippen LogP contribution in [0.15, 0.2) is 42.5 Å². The lowest BCUT2D eigenvalue weighted by Crippen LogP contribution is -2.40. The first kappa shape index (κ1) is 24.4. The number of nitrogens with zero attached hydrogens (tertiary/aromatic N) is 2. The Morgan fingerprint density at radius 3 is 2.39 bits per heavy atom. The summed E-state index contributed by atoms with van der Waals surface area (Å²) in [6.45, 7) is 1.06. The molecule has 0 spiro atoms. The molecular weight excluding hydrogens is 446 g/mol. The van der Waals surface area contributed by atoms with Gasteiger partial charge in [0.2, 0.25) is 21.8 Å². The lowest BCUT2D eigenvalue weighted by Gasteiger charge is -2.23. The molecule has 1 saturated heterocycles. The van der Waals surface area contributed by atoms with Crippen molar-refractivity contribution in [1.29, 1.82) is 0 Å². The third-order valence-corrected chi connectivity index (χ3v) is 6.61. The van der Waals surface area contributed by atoms with Gasteiger partial charge in [-0.2, -0.15) is 0 Å². The highest BCUT2D eigenvalue weighted by molar-refractivity contribution is 7.92. The van der Waals surface area contributed by atoms with E-state index in [1.54, 1.807) is 12.1 Å². The van der Waals surface area contributed by atoms with Crippen LogP contribution in [0.4, 0.5) is 5.69 Å². The molecule has 1 N–H and O–H groups in total. The molecule has 0 atom stereocenters. The summed E-state index contributed by atoms with van der Waals surface area (Å²) in [5.74, 6) is 0.483. The molecule has 0 bridgehead atoms. The number of ether oxygens (including phenoxy) is 2. The Morgan fingerprint density at radius 1 is 1.09 bits per heavy atom. The number of nitrogens with one attached hydrogen (secondary N) is 1. The Morgan fingerprint density at radius 2 is 1.79 bits per heavy atom. The lowest BCUT2D eigenvalue weighted by atomic mass is 10.1. The van der Waals surface area contributed by atoms with Crippen LogP contribution in [-0.2, 0) is 32.7 Å². The van der Waals surface area contributed by atoms with Crippen LogP contribution in [0.5, 0.6) is 11.5 Å². The first-order chi connectivity index (χ1) is 15.7. The highest BCUT2D eigenvalue weighted by Gasteiger charge is 2.23. The van der Waals surface area contributed by atoms with E-state index in [1.807, 2.05) is 29.2 Å². The van der Waals surface area contributed by atoms with E-state index in [-0.39, 0.29) is 19.0 Å². The third-order valence-electron chi connectivity index (χ3n) is 5.47. The van der Waals surface area contributed by atoms with E-state index in [0.29, 0.717) is 30.2 Å². The Balaban J connectivity index is 1.71. The molecule has 0 aliphatic carbocycles. The Bertz CT molecular complexity index is 1120. The summed E-state index contributed by atoms with van der Waals surface area (Å²) >= 11 is 0. The van der Waals surface area contributed by atoms with Crippen molar-refractivity contribution in [3.8, 4) is 11.5 Å². The smallest absolute Gasteiger partial charge is 0.241 e. The molecule has 2 amide bonds. The van der Waals surface area contributed by atoms with Crippen LogP contribution in [0.1, 0.15) is 24.0 Å². The number of carbonyl (C=O) groups is 2. The van der Waals surface area contributed by atoms with Gasteiger partial charge in [0.1, 0.15) is 6.54 Å². The number of sulfonamides is 1. The first-order valence-electron chi connectivity index (χ1n) is 10.5. The minimum absolute atomic E-state index is 0.132. The number of hydrogen-bond donors (Lipinski definition) is 1. The first-order valence-corrected chi connectivity index (χ1v) is 12.4. The van der Waals surface area contributed by atoms with Gasteiger partial charge in [-0.1, -0.05) is 24.3 Å². The standard InChI is InChI=1S/C23H29N3O6S/c1-31-20-11-10-19(13-21(20)32-2)26(33(3,29)30)16-22(27)24-14-17-7-4-5-8-18(17)15-25-12-6-9-23(25)28/h4-5,7-8,10-11,13H,6,9,12,14-16H2,1-3H3,(H,24,27). The zero-order chi connectivity index (χ0) is 24.0. The number of hydrogen-bond acceptors (Lipinski definition) is 6. The number of benzene rings is 2. The highest BCUT2D eigenvalue weighted by Crippen LogP contribution is 2.32. The molecular formula is C23H29N3O6S. The van der Waals surface area contributed by atoms with Gasteiger partial charge in [0.15, 0.2) is 11.5 Å². The van der Waals surface area contributed by atoms with Crippen molar-refractivity contribution in [2.45, 2.75) is 25.9 Å². The molecule has 1 fully saturated rings. The second-order valence-electron chi connectivity index (χ2n) is 7.77. The summed E-state index contributed by atoms with van der Waals surface area (Å²) in [5, 5.41) is 2.79. The van der Waals surface area contributed by atoms with Gasteiger partial charge in [-0.05, 0) is 29.7 Å². The fourth-order valence-electron chi connectivity index (χ4n) is 3.72. The summed E-state index contributed by atoms with van der Waals surface area (Å²) in [6, 6.07) is 12.2. The van der Waals surface area contributed by atoms with Gasteiger partial charge >= 0.3 is 0 Å². The SMILES string of the molecule is COc1ccc(N(CC(=O)NCc2ccccc2CN2CCCC2=O)S(C)(=O)=O)cc1OC. The van der Waals surface area contributed by atoms with Crippen molar-refractivity contribution in [1.82, 2.24) is 10.2 Å². The average Bonchev–Trinajstić information content (AvgIpc) is 3.20. The van der Waals surface area contributed by atoms with Crippen LogP contribution in [-0.4, -0.2) is 58.7 Å². The maximum atomic E-state index is 12.7. The molecule has 1 aliphatic rings. The molecule has 0 saturated carbocycles. The van der Waals surface area contributed by atoms with Crippen LogP contribution >= 0.6 is 0 Å². The van der Waals surface area contributed by atoms with E-state index in [9.17, 15) is 18.0 Å². The second kappa shape index (κ2) is 10.6. The van der Waals surface area contributed by atoms with Crippen LogP contribution < -0.4 is 19.1 Å². The Kier molecular flexibility index (Phi) is 7.80. The molecule has 0 radical (unpaired) electrons. The van der Waals surface area contributed by atoms with Gasteiger partial charge in [-0.25, -0.2) is 8.42 Å². The van der Waals surface area contributed by atoms with E-state index in [1.165, 1.54) is 20.3 Å². The molecule has 9 nitrogen and oxygen atoms in total. The summed E-state index contributed by atoms with van der Waals surface area (Å²) in [6.07, 6.45) is 2.46. The highest BCUT2D eigenvalue weighted by atomic mass is 32.2. The molecule has 1 heterocycles. The molecule has 10 heteroatoms. The fourth-order valence-corrected chi connectivity index (χ4v) is 4.57. The van der Waals surface area contributed by atoms with Crippen LogP contribution in [0.2, 0.25) is 0 Å². The van der Waals surface area contributed by atoms with Crippen molar-refractivity contribution in [2.24, 2.45) is 0 Å². The topological polar surface area (TPSA) is 105 Å². The monoisotopic (exact) mass is 475 g/mol. The maximum absolute atomic E-state index is 12.7. The van der Waals surface area contributed by atoms with E-state index in [0.717, 1.165) is 34.7 Å². The van der Waals surface area contributed by atoms with E-state index in [4.69, 9.17) is 9.47 Å². The number of methoxy groups -OCH3 is 2. The van der Waals surface area contributed by atoms with Gasteiger partial charge in [-0.3, -0.25) is 13.9 Å². The molecule has 3 rings (SSSR count). The number of amides is 2. The van der Waals surface area contributed by atoms with Crippen molar-refractivity contribution >= 4 is 27.5 Å². The van der Waals surface area contributed by atoms with Gasteiger partial charge in [0.25, 0.3) is 0 Å². The minimum atomic E-state index is -3.74. The Hall–Kier alpha value is -3.27. The zero-order valence-electron chi connectivity index (χ0n) is 19.0. The lowest BCUT2D eigenvalue weighted by molar-refractivity contribution is -0.128. The van der Waals surface area contributed by atoms with Gasteiger partial charge < -0.3 is 19.7 Å². The summed E-state index contributed by atoms with van der Waals surface area (Å²) in [4.78, 5) is 26.5. The van der Waals surface area contributed by atoms with Crippen molar-refractivity contribution in [3.63, 3.8) is 0 Å². The van der Waals surface area contributed by atoms with Crippen LogP contribution in [0.25, 0.3) is 0 Å². The molecule has 2 aromatic rings. The van der Waals surface area contributed by atoms with Crippen molar-refractivity contribution < 1.29 is 27.5 Å². The number of anilines is 1. The average molecular weight is 476 g/mol. The largest absolute Gasteiger partial charge is 0.493 e. The summed E-state index contributed by atoms with van der Waals surface area (Å²) in [5.41, 5.74) is 2.12. The van der Waals surface area contributed by atoms with Gasteiger partial charge in [0, 0.05) is 32.1 Å². The maximum Gasteiger partial charge on any atom is 0.241 e. The zero-order valence-corrected chi connectivity index (χ0v) is 19.9. The Labute approximate surface area is 194 Å². The number of carbonyl (C=O) groups excluding carboxylic acids is 2.